The summed E-state index contributed by atoms with van der Waals surface area (Å²) in [7, 11) is 0. The number of nitrogens with one attached hydrogen (secondary N) is 1. The van der Waals surface area contributed by atoms with Crippen LogP contribution >= 0.6 is 0 Å². The molecule has 0 bridgehead atoms. The minimum Gasteiger partial charge on any atom is -0.481 e. The van der Waals surface area contributed by atoms with Crippen LogP contribution in [0.3, 0.4) is 0 Å². The molecule has 0 aliphatic heterocycles. The fourth-order valence-electron chi connectivity index (χ4n) is 1.09. The summed E-state index contributed by atoms with van der Waals surface area (Å²) in [6, 6.07) is 5.96. The number of benzene rings is 1. The van der Waals surface area contributed by atoms with E-state index in [-0.39, 0.29) is 18.3 Å². The first kappa shape index (κ1) is 12.4. The lowest BCUT2D eigenvalue weighted by Crippen LogP contribution is -2.30. The molecule has 0 unspecified atom stereocenters. The predicted octanol–water partition coefficient (Wildman–Crippen LogP) is 0.670. The molecule has 88 valence electrons. The Kier molecular flexibility index (Phi) is 5.28. The van der Waals surface area contributed by atoms with Crippen LogP contribution in [0.4, 0.5) is 4.39 Å². The van der Waals surface area contributed by atoms with Gasteiger partial charge < -0.3 is 15.8 Å². The van der Waals surface area contributed by atoms with Crippen molar-refractivity contribution in [1.82, 2.24) is 5.32 Å². The van der Waals surface area contributed by atoms with Crippen molar-refractivity contribution in [3.05, 3.63) is 30.1 Å². The van der Waals surface area contributed by atoms with Gasteiger partial charge in [-0.05, 0) is 25.1 Å². The Bertz CT molecular complexity index is 345. The first-order valence-corrected chi connectivity index (χ1v) is 5.08. The van der Waals surface area contributed by atoms with E-state index in [1.807, 2.05) is 0 Å². The van der Waals surface area contributed by atoms with Gasteiger partial charge in [0.05, 0.1) is 0 Å². The molecule has 0 fully saturated rings. The van der Waals surface area contributed by atoms with Gasteiger partial charge in [-0.15, -0.1) is 0 Å². The van der Waals surface area contributed by atoms with Crippen LogP contribution in [0.5, 0.6) is 5.75 Å². The van der Waals surface area contributed by atoms with E-state index in [0.717, 1.165) is 0 Å². The maximum Gasteiger partial charge on any atom is 0.257 e. The zero-order valence-corrected chi connectivity index (χ0v) is 8.91. The SMILES string of the molecule is NCCCNC(=O)COc1ccccc1F. The highest BCUT2D eigenvalue weighted by Crippen LogP contribution is 2.14. The molecule has 0 saturated carbocycles. The number of amides is 1. The molecule has 0 atom stereocenters. The Morgan fingerprint density at radius 3 is 2.88 bits per heavy atom. The molecular weight excluding hydrogens is 211 g/mol. The van der Waals surface area contributed by atoms with Crippen LogP contribution in [0.15, 0.2) is 24.3 Å². The monoisotopic (exact) mass is 226 g/mol. The number of nitrogens with two attached hydrogens (primary N) is 1. The van der Waals surface area contributed by atoms with E-state index < -0.39 is 5.82 Å². The van der Waals surface area contributed by atoms with Gasteiger partial charge in [0.25, 0.3) is 5.91 Å². The van der Waals surface area contributed by atoms with Gasteiger partial charge in [0.15, 0.2) is 18.2 Å². The third-order valence-corrected chi connectivity index (χ3v) is 1.90. The minimum absolute atomic E-state index is 0.0801. The summed E-state index contributed by atoms with van der Waals surface area (Å²) >= 11 is 0. The first-order chi connectivity index (χ1) is 7.74. The average molecular weight is 226 g/mol. The molecule has 0 aromatic heterocycles. The van der Waals surface area contributed by atoms with Crippen LogP contribution in [0.25, 0.3) is 0 Å². The normalized spacial score (nSPS) is 9.88. The second-order valence-corrected chi connectivity index (χ2v) is 3.21. The van der Waals surface area contributed by atoms with E-state index in [2.05, 4.69) is 5.32 Å². The summed E-state index contributed by atoms with van der Waals surface area (Å²) < 4.78 is 18.1. The van der Waals surface area contributed by atoms with Crippen molar-refractivity contribution in [3.8, 4) is 5.75 Å². The Balaban J connectivity index is 2.29. The number of carbonyl (C=O) groups is 1. The molecule has 0 radical (unpaired) electrons. The van der Waals surface area contributed by atoms with Gasteiger partial charge in [-0.1, -0.05) is 12.1 Å². The molecule has 1 rings (SSSR count). The maximum atomic E-state index is 13.1. The molecular formula is C11H15FN2O2. The van der Waals surface area contributed by atoms with Gasteiger partial charge in [-0.3, -0.25) is 4.79 Å². The number of ether oxygens (including phenoxy) is 1. The summed E-state index contributed by atoms with van der Waals surface area (Å²) in [5.41, 5.74) is 5.27. The molecule has 1 amide bonds. The van der Waals surface area contributed by atoms with E-state index in [1.165, 1.54) is 12.1 Å². The van der Waals surface area contributed by atoms with E-state index in [0.29, 0.717) is 19.5 Å². The third-order valence-electron chi connectivity index (χ3n) is 1.90. The topological polar surface area (TPSA) is 64.3 Å². The molecule has 0 aliphatic rings. The molecule has 1 aromatic carbocycles. The van der Waals surface area contributed by atoms with Crippen LogP contribution in [0.2, 0.25) is 0 Å². The maximum absolute atomic E-state index is 13.1. The minimum atomic E-state index is -0.475. The Labute approximate surface area is 93.6 Å². The van der Waals surface area contributed by atoms with Crippen LogP contribution < -0.4 is 15.8 Å². The van der Waals surface area contributed by atoms with Crippen molar-refractivity contribution in [2.24, 2.45) is 5.73 Å². The Morgan fingerprint density at radius 1 is 1.44 bits per heavy atom. The summed E-state index contributed by atoms with van der Waals surface area (Å²) in [4.78, 5) is 11.2. The molecule has 4 nitrogen and oxygen atoms in total. The summed E-state index contributed by atoms with van der Waals surface area (Å²) in [5, 5.41) is 2.61. The lowest BCUT2D eigenvalue weighted by molar-refractivity contribution is -0.123. The molecule has 3 N–H and O–H groups in total. The number of rotatable bonds is 6. The van der Waals surface area contributed by atoms with Gasteiger partial charge in [-0.25, -0.2) is 4.39 Å². The molecule has 1 aromatic rings. The second-order valence-electron chi connectivity index (χ2n) is 3.21. The molecule has 5 heteroatoms. The molecule has 16 heavy (non-hydrogen) atoms. The van der Waals surface area contributed by atoms with Gasteiger partial charge in [0.1, 0.15) is 0 Å². The van der Waals surface area contributed by atoms with Crippen LogP contribution in [-0.4, -0.2) is 25.6 Å². The van der Waals surface area contributed by atoms with Crippen LogP contribution in [-0.2, 0) is 4.79 Å². The number of para-hydroxylation sites is 1. The van der Waals surface area contributed by atoms with Crippen molar-refractivity contribution >= 4 is 5.91 Å². The zero-order chi connectivity index (χ0) is 11.8. The highest BCUT2D eigenvalue weighted by atomic mass is 19.1. The molecule has 0 spiro atoms. The molecule has 0 saturated heterocycles. The highest BCUT2D eigenvalue weighted by molar-refractivity contribution is 5.77. The van der Waals surface area contributed by atoms with E-state index in [4.69, 9.17) is 10.5 Å². The second kappa shape index (κ2) is 6.79. The zero-order valence-electron chi connectivity index (χ0n) is 8.91. The Morgan fingerprint density at radius 2 is 2.19 bits per heavy atom. The van der Waals surface area contributed by atoms with Gasteiger partial charge >= 0.3 is 0 Å². The standard InChI is InChI=1S/C11H15FN2O2/c12-9-4-1-2-5-10(9)16-8-11(15)14-7-3-6-13/h1-2,4-5H,3,6-8,13H2,(H,14,15). The predicted molar refractivity (Wildman–Crippen MR) is 58.6 cm³/mol. The smallest absolute Gasteiger partial charge is 0.257 e. The van der Waals surface area contributed by atoms with E-state index in [9.17, 15) is 9.18 Å². The van der Waals surface area contributed by atoms with Crippen LogP contribution in [0, 0.1) is 5.82 Å². The van der Waals surface area contributed by atoms with Crippen molar-refractivity contribution in [1.29, 1.82) is 0 Å². The fraction of sp³-hybridized carbons (Fsp3) is 0.364. The summed E-state index contributed by atoms with van der Waals surface area (Å²) in [5.74, 6) is -0.676. The average Bonchev–Trinajstić information content (AvgIpc) is 2.28. The van der Waals surface area contributed by atoms with Crippen molar-refractivity contribution in [3.63, 3.8) is 0 Å². The van der Waals surface area contributed by atoms with Gasteiger partial charge in [0.2, 0.25) is 0 Å². The fourth-order valence-corrected chi connectivity index (χ4v) is 1.09. The lowest BCUT2D eigenvalue weighted by Gasteiger charge is -2.07. The lowest BCUT2D eigenvalue weighted by atomic mass is 10.3. The quantitative estimate of drug-likeness (QED) is 0.701. The third kappa shape index (κ3) is 4.27. The first-order valence-electron chi connectivity index (χ1n) is 5.08. The number of hydrogen-bond acceptors (Lipinski definition) is 3. The molecule has 0 aliphatic carbocycles. The van der Waals surface area contributed by atoms with Crippen molar-refractivity contribution < 1.29 is 13.9 Å². The van der Waals surface area contributed by atoms with Crippen molar-refractivity contribution in [2.75, 3.05) is 19.7 Å². The van der Waals surface area contributed by atoms with E-state index in [1.54, 1.807) is 12.1 Å². The molecule has 0 heterocycles. The number of hydrogen-bond donors (Lipinski definition) is 2. The Hall–Kier alpha value is -1.62. The highest BCUT2D eigenvalue weighted by Gasteiger charge is 2.05. The summed E-state index contributed by atoms with van der Waals surface area (Å²) in [6.45, 7) is 0.843. The van der Waals surface area contributed by atoms with E-state index >= 15 is 0 Å². The van der Waals surface area contributed by atoms with Crippen molar-refractivity contribution in [2.45, 2.75) is 6.42 Å². The number of carbonyl (C=O) groups excluding carboxylic acids is 1. The number of halogens is 1. The summed E-state index contributed by atoms with van der Waals surface area (Å²) in [6.07, 6.45) is 0.714. The van der Waals surface area contributed by atoms with Gasteiger partial charge in [-0.2, -0.15) is 0 Å². The van der Waals surface area contributed by atoms with Crippen LogP contribution in [0.1, 0.15) is 6.42 Å². The van der Waals surface area contributed by atoms with Gasteiger partial charge in [0, 0.05) is 6.54 Å². The largest absolute Gasteiger partial charge is 0.481 e.